The van der Waals surface area contributed by atoms with Gasteiger partial charge in [0, 0.05) is 0 Å². The number of nitrogens with zero attached hydrogens (tertiary/aromatic N) is 1. The van der Waals surface area contributed by atoms with Crippen molar-refractivity contribution < 1.29 is 10.0 Å². The lowest BCUT2D eigenvalue weighted by molar-refractivity contribution is -0.127. The summed E-state index contributed by atoms with van der Waals surface area (Å²) in [7, 11) is 0. The fourth-order valence-corrected chi connectivity index (χ4v) is 3.89. The Bertz CT molecular complexity index is 422. The molecule has 18 heavy (non-hydrogen) atoms. The lowest BCUT2D eigenvalue weighted by atomic mass is 9.67. The Labute approximate surface area is 107 Å². The average molecular weight is 248 g/mol. The van der Waals surface area contributed by atoms with Gasteiger partial charge in [-0.25, -0.2) is 0 Å². The first-order chi connectivity index (χ1) is 8.73. The Hall–Kier alpha value is -1.32. The molecule has 0 aromatic carbocycles. The van der Waals surface area contributed by atoms with E-state index in [1.807, 2.05) is 6.08 Å². The second-order valence-electron chi connectivity index (χ2n) is 5.81. The molecule has 1 aliphatic heterocycles. The van der Waals surface area contributed by atoms with E-state index in [1.54, 1.807) is 0 Å². The van der Waals surface area contributed by atoms with Crippen LogP contribution in [-0.4, -0.2) is 22.4 Å². The lowest BCUT2D eigenvalue weighted by Crippen LogP contribution is -2.46. The summed E-state index contributed by atoms with van der Waals surface area (Å²) in [5.41, 5.74) is -0.355. The molecule has 1 saturated heterocycles. The summed E-state index contributed by atoms with van der Waals surface area (Å²) in [6.45, 7) is 0. The molecule has 2 fully saturated rings. The van der Waals surface area contributed by atoms with Crippen molar-refractivity contribution in [3.05, 3.63) is 12.2 Å². The van der Waals surface area contributed by atoms with Crippen LogP contribution in [0.2, 0.25) is 0 Å². The van der Waals surface area contributed by atoms with Gasteiger partial charge in [0.15, 0.2) is 0 Å². The van der Waals surface area contributed by atoms with Crippen LogP contribution in [-0.2, 0) is 4.79 Å². The van der Waals surface area contributed by atoms with Crippen molar-refractivity contribution in [2.75, 3.05) is 0 Å². The largest absolute Gasteiger partial charge is 0.411 e. The molecule has 0 radical (unpaired) electrons. The Morgan fingerprint density at radius 2 is 1.94 bits per heavy atom. The summed E-state index contributed by atoms with van der Waals surface area (Å²) in [6.07, 6.45) is 12.0. The number of carbonyl (C=O) groups is 1. The number of allylic oxidation sites excluding steroid dienone is 1. The predicted octanol–water partition coefficient (Wildman–Crippen LogP) is 2.38. The standard InChI is InChI=1S/C14H20N2O2/c17-12-13(7-3-1-4-8-13)11(16-18)14(15-12)9-5-2-6-10-14/h5,9,18H,1-4,6-8,10H2,(H,15,17). The molecule has 0 bridgehead atoms. The summed E-state index contributed by atoms with van der Waals surface area (Å²) < 4.78 is 0. The zero-order valence-corrected chi connectivity index (χ0v) is 10.6. The highest BCUT2D eigenvalue weighted by Crippen LogP contribution is 2.47. The van der Waals surface area contributed by atoms with E-state index in [0.717, 1.165) is 44.9 Å². The van der Waals surface area contributed by atoms with Crippen molar-refractivity contribution in [3.8, 4) is 0 Å². The summed E-state index contributed by atoms with van der Waals surface area (Å²) >= 11 is 0. The van der Waals surface area contributed by atoms with E-state index in [1.165, 1.54) is 6.42 Å². The molecule has 4 nitrogen and oxygen atoms in total. The van der Waals surface area contributed by atoms with Crippen LogP contribution in [0.3, 0.4) is 0 Å². The number of rotatable bonds is 0. The van der Waals surface area contributed by atoms with Gasteiger partial charge in [0.25, 0.3) is 0 Å². The monoisotopic (exact) mass is 248 g/mol. The van der Waals surface area contributed by atoms with Gasteiger partial charge in [-0.15, -0.1) is 0 Å². The number of hydrogen-bond donors (Lipinski definition) is 2. The molecule has 2 aliphatic carbocycles. The molecule has 0 aromatic heterocycles. The average Bonchev–Trinajstić information content (AvgIpc) is 2.60. The minimum atomic E-state index is -0.533. The van der Waals surface area contributed by atoms with Gasteiger partial charge in [0.2, 0.25) is 5.91 Å². The molecule has 1 saturated carbocycles. The van der Waals surface area contributed by atoms with Gasteiger partial charge < -0.3 is 10.5 Å². The Morgan fingerprint density at radius 3 is 2.56 bits per heavy atom. The highest BCUT2D eigenvalue weighted by molar-refractivity contribution is 6.20. The first-order valence-corrected chi connectivity index (χ1v) is 6.97. The number of nitrogens with one attached hydrogen (secondary N) is 1. The van der Waals surface area contributed by atoms with Crippen molar-refractivity contribution in [2.45, 2.75) is 56.9 Å². The lowest BCUT2D eigenvalue weighted by Gasteiger charge is -2.34. The Balaban J connectivity index is 2.04. The van der Waals surface area contributed by atoms with E-state index in [-0.39, 0.29) is 5.91 Å². The van der Waals surface area contributed by atoms with Gasteiger partial charge in [0.1, 0.15) is 11.3 Å². The van der Waals surface area contributed by atoms with Crippen LogP contribution in [0.15, 0.2) is 17.3 Å². The third-order valence-electron chi connectivity index (χ3n) is 4.80. The summed E-state index contributed by atoms with van der Waals surface area (Å²) in [5.74, 6) is 0.0709. The molecule has 1 atom stereocenters. The van der Waals surface area contributed by atoms with Crippen LogP contribution in [0.25, 0.3) is 0 Å². The minimum Gasteiger partial charge on any atom is -0.411 e. The van der Waals surface area contributed by atoms with E-state index in [0.29, 0.717) is 5.71 Å². The highest BCUT2D eigenvalue weighted by atomic mass is 16.4. The van der Waals surface area contributed by atoms with Crippen LogP contribution in [0.1, 0.15) is 51.4 Å². The summed E-state index contributed by atoms with van der Waals surface area (Å²) in [6, 6.07) is 0. The molecule has 2 spiro atoms. The van der Waals surface area contributed by atoms with Gasteiger partial charge in [-0.05, 0) is 32.1 Å². The topological polar surface area (TPSA) is 61.7 Å². The number of oxime groups is 1. The van der Waals surface area contributed by atoms with Crippen LogP contribution in [0.4, 0.5) is 0 Å². The predicted molar refractivity (Wildman–Crippen MR) is 68.6 cm³/mol. The molecule has 3 aliphatic rings. The van der Waals surface area contributed by atoms with E-state index in [9.17, 15) is 10.0 Å². The molecule has 4 heteroatoms. The third-order valence-corrected chi connectivity index (χ3v) is 4.80. The minimum absolute atomic E-state index is 0.0709. The Kier molecular flexibility index (Phi) is 2.68. The zero-order valence-electron chi connectivity index (χ0n) is 10.6. The highest BCUT2D eigenvalue weighted by Gasteiger charge is 2.59. The van der Waals surface area contributed by atoms with Crippen LogP contribution < -0.4 is 5.32 Å². The first-order valence-electron chi connectivity index (χ1n) is 6.97. The van der Waals surface area contributed by atoms with Crippen LogP contribution in [0, 0.1) is 5.41 Å². The maximum atomic E-state index is 12.5. The third kappa shape index (κ3) is 1.44. The number of amides is 1. The molecule has 3 rings (SSSR count). The van der Waals surface area contributed by atoms with Gasteiger partial charge >= 0.3 is 0 Å². The maximum absolute atomic E-state index is 12.5. The molecule has 1 amide bonds. The van der Waals surface area contributed by atoms with Crippen molar-refractivity contribution in [3.63, 3.8) is 0 Å². The number of carbonyl (C=O) groups excluding carboxylic acids is 1. The van der Waals surface area contributed by atoms with Crippen molar-refractivity contribution in [2.24, 2.45) is 10.6 Å². The summed E-state index contributed by atoms with van der Waals surface area (Å²) in [5, 5.41) is 16.2. The van der Waals surface area contributed by atoms with E-state index >= 15 is 0 Å². The maximum Gasteiger partial charge on any atom is 0.233 e. The fraction of sp³-hybridized carbons (Fsp3) is 0.714. The van der Waals surface area contributed by atoms with Gasteiger partial charge in [-0.1, -0.05) is 36.6 Å². The van der Waals surface area contributed by atoms with Crippen molar-refractivity contribution in [1.82, 2.24) is 5.32 Å². The molecule has 1 unspecified atom stereocenters. The van der Waals surface area contributed by atoms with E-state index in [2.05, 4.69) is 16.5 Å². The van der Waals surface area contributed by atoms with Crippen LogP contribution in [0.5, 0.6) is 0 Å². The van der Waals surface area contributed by atoms with Gasteiger partial charge in [-0.2, -0.15) is 0 Å². The Morgan fingerprint density at radius 1 is 1.17 bits per heavy atom. The van der Waals surface area contributed by atoms with E-state index in [4.69, 9.17) is 0 Å². The molecule has 98 valence electrons. The second kappa shape index (κ2) is 4.11. The van der Waals surface area contributed by atoms with Crippen molar-refractivity contribution >= 4 is 11.6 Å². The molecular formula is C14H20N2O2. The molecule has 0 aromatic rings. The van der Waals surface area contributed by atoms with Gasteiger partial charge in [0.05, 0.1) is 5.41 Å². The van der Waals surface area contributed by atoms with Gasteiger partial charge in [-0.3, -0.25) is 4.79 Å². The smallest absolute Gasteiger partial charge is 0.233 e. The SMILES string of the molecule is O=C1NC2(C=CCCC2)C(=NO)C12CCCCC2. The van der Waals surface area contributed by atoms with E-state index < -0.39 is 11.0 Å². The van der Waals surface area contributed by atoms with Crippen molar-refractivity contribution in [1.29, 1.82) is 0 Å². The molecular weight excluding hydrogens is 228 g/mol. The van der Waals surface area contributed by atoms with Crippen LogP contribution >= 0.6 is 0 Å². The normalized spacial score (nSPS) is 36.4. The summed E-state index contributed by atoms with van der Waals surface area (Å²) in [4.78, 5) is 12.5. The fourth-order valence-electron chi connectivity index (χ4n) is 3.89. The second-order valence-corrected chi connectivity index (χ2v) is 5.81. The number of hydrogen-bond acceptors (Lipinski definition) is 3. The quantitative estimate of drug-likeness (QED) is 0.393. The molecule has 1 heterocycles. The zero-order chi connectivity index (χ0) is 12.6. The molecule has 2 N–H and O–H groups in total. The first kappa shape index (κ1) is 11.8.